The summed E-state index contributed by atoms with van der Waals surface area (Å²) in [6.07, 6.45) is 0. The molecule has 1 aromatic carbocycles. The molecule has 3 aromatic rings. The fourth-order valence-electron chi connectivity index (χ4n) is 3.15. The third-order valence-electron chi connectivity index (χ3n) is 4.47. The highest BCUT2D eigenvalue weighted by Gasteiger charge is 2.18. The van der Waals surface area contributed by atoms with Crippen LogP contribution >= 0.6 is 11.3 Å². The number of piperazine rings is 1. The van der Waals surface area contributed by atoms with Gasteiger partial charge in [0.1, 0.15) is 11.6 Å². The van der Waals surface area contributed by atoms with Gasteiger partial charge in [0.05, 0.1) is 12.1 Å². The number of anilines is 1. The first kappa shape index (κ1) is 15.5. The zero-order chi connectivity index (χ0) is 16.4. The smallest absolute Gasteiger partial charge is 0.145 e. The molecule has 0 amide bonds. The van der Waals surface area contributed by atoms with E-state index in [2.05, 4.69) is 37.3 Å². The number of nitrogen functional groups attached to an aromatic ring is 1. The van der Waals surface area contributed by atoms with Crippen molar-refractivity contribution in [3.8, 4) is 0 Å². The van der Waals surface area contributed by atoms with Crippen molar-refractivity contribution in [3.05, 3.63) is 52.5 Å². The predicted molar refractivity (Wildman–Crippen MR) is 98.8 cm³/mol. The van der Waals surface area contributed by atoms with Crippen LogP contribution in [0.2, 0.25) is 0 Å². The second kappa shape index (κ2) is 6.84. The highest BCUT2D eigenvalue weighted by atomic mass is 32.1. The lowest BCUT2D eigenvalue weighted by Crippen LogP contribution is -2.45. The van der Waals surface area contributed by atoms with Crippen molar-refractivity contribution >= 4 is 28.1 Å². The topological polar surface area (TPSA) is 58.3 Å². The van der Waals surface area contributed by atoms with E-state index in [0.717, 1.165) is 56.0 Å². The summed E-state index contributed by atoms with van der Waals surface area (Å²) in [5.74, 6) is 1.39. The van der Waals surface area contributed by atoms with Gasteiger partial charge < -0.3 is 5.73 Å². The second-order valence-electron chi connectivity index (χ2n) is 6.17. The summed E-state index contributed by atoms with van der Waals surface area (Å²) in [5.41, 5.74) is 7.01. The van der Waals surface area contributed by atoms with E-state index in [1.165, 1.54) is 4.88 Å². The van der Waals surface area contributed by atoms with Crippen LogP contribution in [0.3, 0.4) is 0 Å². The van der Waals surface area contributed by atoms with E-state index >= 15 is 0 Å². The van der Waals surface area contributed by atoms with Crippen LogP contribution in [0.5, 0.6) is 0 Å². The average Bonchev–Trinajstić information content (AvgIpc) is 3.10. The second-order valence-corrected chi connectivity index (χ2v) is 7.21. The van der Waals surface area contributed by atoms with Gasteiger partial charge >= 0.3 is 0 Å². The minimum absolute atomic E-state index is 0.576. The number of para-hydroxylation sites is 1. The molecule has 1 aliphatic rings. The summed E-state index contributed by atoms with van der Waals surface area (Å²) in [6.45, 7) is 6.08. The molecule has 24 heavy (non-hydrogen) atoms. The van der Waals surface area contributed by atoms with Crippen LogP contribution < -0.4 is 5.73 Å². The van der Waals surface area contributed by atoms with Crippen molar-refractivity contribution in [2.24, 2.45) is 0 Å². The van der Waals surface area contributed by atoms with Crippen LogP contribution in [0.4, 0.5) is 5.82 Å². The van der Waals surface area contributed by atoms with Gasteiger partial charge in [0, 0.05) is 43.0 Å². The van der Waals surface area contributed by atoms with Crippen molar-refractivity contribution in [3.63, 3.8) is 0 Å². The lowest BCUT2D eigenvalue weighted by atomic mass is 10.2. The van der Waals surface area contributed by atoms with Crippen LogP contribution in [0.25, 0.3) is 10.9 Å². The molecule has 6 heteroatoms. The van der Waals surface area contributed by atoms with Gasteiger partial charge in [-0.3, -0.25) is 9.80 Å². The molecule has 1 aliphatic heterocycles. The third-order valence-corrected chi connectivity index (χ3v) is 5.33. The molecule has 124 valence electrons. The van der Waals surface area contributed by atoms with Gasteiger partial charge in [0.15, 0.2) is 0 Å². The number of nitrogens with zero attached hydrogens (tertiary/aromatic N) is 4. The van der Waals surface area contributed by atoms with Crippen LogP contribution in [0.1, 0.15) is 10.7 Å². The number of nitrogens with two attached hydrogens (primary N) is 1. The number of hydrogen-bond acceptors (Lipinski definition) is 6. The minimum Gasteiger partial charge on any atom is -0.383 e. The number of fused-ring (bicyclic) bond motifs is 1. The van der Waals surface area contributed by atoms with E-state index in [-0.39, 0.29) is 0 Å². The summed E-state index contributed by atoms with van der Waals surface area (Å²) >= 11 is 1.83. The van der Waals surface area contributed by atoms with E-state index in [1.54, 1.807) is 0 Å². The van der Waals surface area contributed by atoms with Gasteiger partial charge in [-0.1, -0.05) is 18.2 Å². The zero-order valence-electron chi connectivity index (χ0n) is 13.6. The molecule has 2 N–H and O–H groups in total. The van der Waals surface area contributed by atoms with Gasteiger partial charge in [-0.15, -0.1) is 11.3 Å². The summed E-state index contributed by atoms with van der Waals surface area (Å²) in [5, 5.41) is 3.08. The average molecular weight is 339 g/mol. The number of hydrogen-bond donors (Lipinski definition) is 1. The highest BCUT2D eigenvalue weighted by Crippen LogP contribution is 2.18. The molecule has 2 aromatic heterocycles. The van der Waals surface area contributed by atoms with Crippen LogP contribution in [0, 0.1) is 0 Å². The first-order valence-electron chi connectivity index (χ1n) is 8.26. The van der Waals surface area contributed by atoms with Gasteiger partial charge in [0.2, 0.25) is 0 Å². The molecule has 1 fully saturated rings. The third kappa shape index (κ3) is 3.40. The maximum absolute atomic E-state index is 6.08. The number of aromatic nitrogens is 2. The van der Waals surface area contributed by atoms with Gasteiger partial charge in [-0.2, -0.15) is 0 Å². The summed E-state index contributed by atoms with van der Waals surface area (Å²) in [4.78, 5) is 15.5. The monoisotopic (exact) mass is 339 g/mol. The first-order valence-corrected chi connectivity index (χ1v) is 9.14. The minimum atomic E-state index is 0.576. The van der Waals surface area contributed by atoms with E-state index < -0.39 is 0 Å². The Morgan fingerprint density at radius 1 is 0.917 bits per heavy atom. The molecular formula is C18H21N5S. The molecule has 0 atom stereocenters. The van der Waals surface area contributed by atoms with E-state index in [1.807, 2.05) is 35.6 Å². The SMILES string of the molecule is Nc1nc(CN2CCN(Cc3cccs3)CC2)nc2ccccc12. The van der Waals surface area contributed by atoms with E-state index in [0.29, 0.717) is 5.82 Å². The summed E-state index contributed by atoms with van der Waals surface area (Å²) in [6, 6.07) is 12.3. The summed E-state index contributed by atoms with van der Waals surface area (Å²) in [7, 11) is 0. The molecule has 3 heterocycles. The molecule has 1 saturated heterocycles. The lowest BCUT2D eigenvalue weighted by Gasteiger charge is -2.34. The number of thiophene rings is 1. The quantitative estimate of drug-likeness (QED) is 0.792. The Balaban J connectivity index is 1.38. The highest BCUT2D eigenvalue weighted by molar-refractivity contribution is 7.09. The lowest BCUT2D eigenvalue weighted by molar-refractivity contribution is 0.121. The molecule has 0 radical (unpaired) electrons. The number of rotatable bonds is 4. The van der Waals surface area contributed by atoms with Crippen molar-refractivity contribution in [1.29, 1.82) is 0 Å². The molecule has 0 saturated carbocycles. The predicted octanol–water partition coefficient (Wildman–Crippen LogP) is 2.59. The standard InChI is InChI=1S/C18H21N5S/c19-18-15-5-1-2-6-16(15)20-17(21-18)13-23-9-7-22(8-10-23)12-14-4-3-11-24-14/h1-6,11H,7-10,12-13H2,(H2,19,20,21). The van der Waals surface area contributed by atoms with Crippen molar-refractivity contribution in [2.45, 2.75) is 13.1 Å². The maximum atomic E-state index is 6.08. The fraction of sp³-hybridized carbons (Fsp3) is 0.333. The molecular weight excluding hydrogens is 318 g/mol. The van der Waals surface area contributed by atoms with Gasteiger partial charge in [-0.25, -0.2) is 9.97 Å². The Morgan fingerprint density at radius 3 is 2.42 bits per heavy atom. The molecule has 4 rings (SSSR count). The van der Waals surface area contributed by atoms with E-state index in [4.69, 9.17) is 5.73 Å². The Kier molecular flexibility index (Phi) is 4.42. The molecule has 5 nitrogen and oxygen atoms in total. The van der Waals surface area contributed by atoms with Gasteiger partial charge in [-0.05, 0) is 23.6 Å². The summed E-state index contributed by atoms with van der Waals surface area (Å²) < 4.78 is 0. The van der Waals surface area contributed by atoms with Crippen molar-refractivity contribution < 1.29 is 0 Å². The number of benzene rings is 1. The normalized spacial score (nSPS) is 16.7. The van der Waals surface area contributed by atoms with Crippen LogP contribution in [0.15, 0.2) is 41.8 Å². The Morgan fingerprint density at radius 2 is 1.67 bits per heavy atom. The van der Waals surface area contributed by atoms with Gasteiger partial charge in [0.25, 0.3) is 0 Å². The van der Waals surface area contributed by atoms with Crippen molar-refractivity contribution in [1.82, 2.24) is 19.8 Å². The first-order chi connectivity index (χ1) is 11.8. The van der Waals surface area contributed by atoms with Crippen molar-refractivity contribution in [2.75, 3.05) is 31.9 Å². The Bertz CT molecular complexity index is 809. The van der Waals surface area contributed by atoms with E-state index in [9.17, 15) is 0 Å². The van der Waals surface area contributed by atoms with Crippen LogP contribution in [-0.4, -0.2) is 45.9 Å². The Hall–Kier alpha value is -2.02. The van der Waals surface area contributed by atoms with Crippen LogP contribution in [-0.2, 0) is 13.1 Å². The zero-order valence-corrected chi connectivity index (χ0v) is 14.4. The fourth-order valence-corrected chi connectivity index (χ4v) is 3.90. The maximum Gasteiger partial charge on any atom is 0.145 e. The Labute approximate surface area is 145 Å². The molecule has 0 bridgehead atoms. The molecule has 0 aliphatic carbocycles. The molecule has 0 unspecified atom stereocenters. The molecule has 0 spiro atoms. The largest absolute Gasteiger partial charge is 0.383 e.